The van der Waals surface area contributed by atoms with Crippen LogP contribution in [0.5, 0.6) is 0 Å². The van der Waals surface area contributed by atoms with Gasteiger partial charge in [0.2, 0.25) is 0 Å². The van der Waals surface area contributed by atoms with Crippen molar-refractivity contribution in [3.05, 3.63) is 104 Å². The molecular formula is C28H24O4. The first-order chi connectivity index (χ1) is 15.5. The molecule has 0 radical (unpaired) electrons. The largest absolute Gasteiger partial charge is 0.298 e. The van der Waals surface area contributed by atoms with Gasteiger partial charge in [-0.05, 0) is 84.4 Å². The summed E-state index contributed by atoms with van der Waals surface area (Å²) in [6.07, 6.45) is 16.6. The summed E-state index contributed by atoms with van der Waals surface area (Å²) in [6.45, 7) is 3.83. The van der Waals surface area contributed by atoms with Crippen LogP contribution in [0.15, 0.2) is 59.7 Å². The number of rotatable bonds is 6. The SMILES string of the molecule is Cc1cc(C=O)c(C=O)cc1/C=C1/C=C\C(=C\c2cc(C=O)c(C=O)cc2C)C/C=C\C1. The van der Waals surface area contributed by atoms with E-state index >= 15 is 0 Å². The number of hydrogen-bond acceptors (Lipinski definition) is 4. The molecule has 0 aromatic heterocycles. The van der Waals surface area contributed by atoms with Crippen molar-refractivity contribution in [2.45, 2.75) is 26.7 Å². The van der Waals surface area contributed by atoms with Crippen molar-refractivity contribution in [2.24, 2.45) is 0 Å². The van der Waals surface area contributed by atoms with Crippen molar-refractivity contribution in [1.82, 2.24) is 0 Å². The molecule has 0 aliphatic heterocycles. The first-order valence-corrected chi connectivity index (χ1v) is 10.3. The van der Waals surface area contributed by atoms with Crippen molar-refractivity contribution in [3.63, 3.8) is 0 Å². The van der Waals surface area contributed by atoms with E-state index in [2.05, 4.69) is 12.2 Å². The Hall–Kier alpha value is -3.92. The number of aldehydes is 4. The Kier molecular flexibility index (Phi) is 7.40. The monoisotopic (exact) mass is 424 g/mol. The zero-order valence-electron chi connectivity index (χ0n) is 18.1. The summed E-state index contributed by atoms with van der Waals surface area (Å²) in [5.74, 6) is 0. The third-order valence-corrected chi connectivity index (χ3v) is 5.52. The van der Waals surface area contributed by atoms with Crippen LogP contribution in [-0.2, 0) is 0 Å². The lowest BCUT2D eigenvalue weighted by Crippen LogP contribution is -1.96. The second kappa shape index (κ2) is 10.4. The number of aryl methyl sites for hydroxylation is 2. The molecule has 0 bridgehead atoms. The highest BCUT2D eigenvalue weighted by molar-refractivity contribution is 5.92. The molecular weight excluding hydrogens is 400 g/mol. The molecule has 0 unspecified atom stereocenters. The number of carbonyl (C=O) groups is 4. The molecule has 1 aliphatic rings. The van der Waals surface area contributed by atoms with Crippen molar-refractivity contribution < 1.29 is 19.2 Å². The minimum atomic E-state index is 0.378. The van der Waals surface area contributed by atoms with E-state index in [0.29, 0.717) is 47.4 Å². The smallest absolute Gasteiger partial charge is 0.150 e. The molecule has 0 saturated heterocycles. The van der Waals surface area contributed by atoms with Crippen LogP contribution in [0, 0.1) is 13.8 Å². The molecule has 0 fully saturated rings. The number of benzene rings is 2. The highest BCUT2D eigenvalue weighted by Gasteiger charge is 2.08. The first-order valence-electron chi connectivity index (χ1n) is 10.3. The van der Waals surface area contributed by atoms with Crippen molar-refractivity contribution in [2.75, 3.05) is 0 Å². The Morgan fingerprint density at radius 1 is 0.531 bits per heavy atom. The van der Waals surface area contributed by atoms with Crippen LogP contribution in [0.2, 0.25) is 0 Å². The molecule has 4 nitrogen and oxygen atoms in total. The van der Waals surface area contributed by atoms with Crippen molar-refractivity contribution in [1.29, 1.82) is 0 Å². The topological polar surface area (TPSA) is 68.3 Å². The van der Waals surface area contributed by atoms with E-state index < -0.39 is 0 Å². The van der Waals surface area contributed by atoms with Gasteiger partial charge in [-0.1, -0.05) is 36.5 Å². The number of allylic oxidation sites excluding steroid dienone is 6. The normalized spacial score (nSPS) is 17.9. The fraction of sp³-hybridized carbons (Fsp3) is 0.143. The zero-order valence-corrected chi connectivity index (χ0v) is 18.1. The average molecular weight is 424 g/mol. The Bertz CT molecular complexity index is 1110. The second-order valence-corrected chi connectivity index (χ2v) is 7.80. The van der Waals surface area contributed by atoms with Crippen LogP contribution in [0.1, 0.15) is 76.5 Å². The van der Waals surface area contributed by atoms with Crippen LogP contribution in [0.4, 0.5) is 0 Å². The minimum Gasteiger partial charge on any atom is -0.298 e. The lowest BCUT2D eigenvalue weighted by atomic mass is 9.95. The fourth-order valence-corrected chi connectivity index (χ4v) is 3.65. The van der Waals surface area contributed by atoms with E-state index in [0.717, 1.165) is 46.2 Å². The second-order valence-electron chi connectivity index (χ2n) is 7.80. The maximum Gasteiger partial charge on any atom is 0.150 e. The number of carbonyl (C=O) groups excluding carboxylic acids is 4. The van der Waals surface area contributed by atoms with Gasteiger partial charge in [0.05, 0.1) is 0 Å². The molecule has 0 N–H and O–H groups in total. The van der Waals surface area contributed by atoms with E-state index in [1.54, 1.807) is 24.3 Å². The minimum absolute atomic E-state index is 0.378. The Morgan fingerprint density at radius 3 is 1.22 bits per heavy atom. The van der Waals surface area contributed by atoms with Gasteiger partial charge in [-0.15, -0.1) is 0 Å². The molecule has 0 amide bonds. The van der Waals surface area contributed by atoms with Crippen LogP contribution >= 0.6 is 0 Å². The van der Waals surface area contributed by atoms with Crippen LogP contribution in [0.25, 0.3) is 12.2 Å². The predicted octanol–water partition coefficient (Wildman–Crippen LogP) is 5.93. The van der Waals surface area contributed by atoms with Gasteiger partial charge in [-0.3, -0.25) is 19.2 Å². The molecule has 0 heterocycles. The summed E-state index contributed by atoms with van der Waals surface area (Å²) in [5, 5.41) is 0. The highest BCUT2D eigenvalue weighted by atomic mass is 16.1. The van der Waals surface area contributed by atoms with Crippen LogP contribution in [-0.4, -0.2) is 25.1 Å². The van der Waals surface area contributed by atoms with E-state index in [9.17, 15) is 19.2 Å². The van der Waals surface area contributed by atoms with Crippen LogP contribution < -0.4 is 0 Å². The predicted molar refractivity (Wildman–Crippen MR) is 127 cm³/mol. The zero-order chi connectivity index (χ0) is 23.1. The molecule has 2 aromatic carbocycles. The molecule has 32 heavy (non-hydrogen) atoms. The number of hydrogen-bond donors (Lipinski definition) is 0. The van der Waals surface area contributed by atoms with E-state index in [4.69, 9.17) is 0 Å². The molecule has 160 valence electrons. The molecule has 0 atom stereocenters. The quantitative estimate of drug-likeness (QED) is 0.426. The highest BCUT2D eigenvalue weighted by Crippen LogP contribution is 2.24. The Morgan fingerprint density at radius 2 is 0.875 bits per heavy atom. The first kappa shape index (κ1) is 22.8. The standard InChI is InChI=1S/C28H24O4/c1-19-9-25(15-29)27(17-31)13-23(19)11-21-5-3-4-6-22(8-7-21)12-24-14-28(18-32)26(16-30)10-20(24)2/h3-4,7-18H,5-6H2,1-2H3/b4-3-,8-7-,21-11+,22-12+. The molecule has 0 spiro atoms. The van der Waals surface area contributed by atoms with Gasteiger partial charge in [0.25, 0.3) is 0 Å². The molecule has 1 aliphatic carbocycles. The van der Waals surface area contributed by atoms with Gasteiger partial charge in [-0.2, -0.15) is 0 Å². The molecule has 4 heteroatoms. The van der Waals surface area contributed by atoms with E-state index in [1.807, 2.05) is 38.2 Å². The fourth-order valence-electron chi connectivity index (χ4n) is 3.65. The van der Waals surface area contributed by atoms with E-state index in [1.165, 1.54) is 0 Å². The summed E-state index contributed by atoms with van der Waals surface area (Å²) in [6, 6.07) is 6.94. The maximum atomic E-state index is 11.3. The summed E-state index contributed by atoms with van der Waals surface area (Å²) >= 11 is 0. The van der Waals surface area contributed by atoms with Crippen LogP contribution in [0.3, 0.4) is 0 Å². The van der Waals surface area contributed by atoms with Gasteiger partial charge in [0, 0.05) is 22.3 Å². The Balaban J connectivity index is 1.97. The van der Waals surface area contributed by atoms with Gasteiger partial charge < -0.3 is 0 Å². The van der Waals surface area contributed by atoms with Gasteiger partial charge in [-0.25, -0.2) is 0 Å². The Labute approximate surface area is 187 Å². The molecule has 0 saturated carbocycles. The van der Waals surface area contributed by atoms with Gasteiger partial charge >= 0.3 is 0 Å². The summed E-state index contributed by atoms with van der Waals surface area (Å²) in [4.78, 5) is 45.0. The summed E-state index contributed by atoms with van der Waals surface area (Å²) < 4.78 is 0. The third-order valence-electron chi connectivity index (χ3n) is 5.52. The summed E-state index contributed by atoms with van der Waals surface area (Å²) in [7, 11) is 0. The van der Waals surface area contributed by atoms with Gasteiger partial charge in [0.1, 0.15) is 0 Å². The third kappa shape index (κ3) is 5.22. The molecule has 3 rings (SSSR count). The van der Waals surface area contributed by atoms with Crippen molar-refractivity contribution in [3.8, 4) is 0 Å². The summed E-state index contributed by atoms with van der Waals surface area (Å²) in [5.41, 5.74) is 7.31. The lowest BCUT2D eigenvalue weighted by molar-refractivity contribution is 0.109. The maximum absolute atomic E-state index is 11.3. The van der Waals surface area contributed by atoms with Gasteiger partial charge in [0.15, 0.2) is 25.1 Å². The van der Waals surface area contributed by atoms with E-state index in [-0.39, 0.29) is 0 Å². The lowest BCUT2D eigenvalue weighted by Gasteiger charge is -2.10. The van der Waals surface area contributed by atoms with Crippen molar-refractivity contribution >= 4 is 37.3 Å². The molecule has 2 aromatic rings. The average Bonchev–Trinajstić information content (AvgIpc) is 2.79.